The average Bonchev–Trinajstić information content (AvgIpc) is 2.52. The predicted molar refractivity (Wildman–Crippen MR) is 88.3 cm³/mol. The van der Waals surface area contributed by atoms with Crippen molar-refractivity contribution in [1.29, 1.82) is 0 Å². The summed E-state index contributed by atoms with van der Waals surface area (Å²) in [6.07, 6.45) is 7.44. The molecule has 7 nitrogen and oxygen atoms in total. The Morgan fingerprint density at radius 3 is 2.17 bits per heavy atom. The number of hydrogen-bond acceptors (Lipinski definition) is 4. The van der Waals surface area contributed by atoms with Crippen molar-refractivity contribution >= 4 is 17.6 Å². The Morgan fingerprint density at radius 1 is 1.08 bits per heavy atom. The number of amides is 1. The van der Waals surface area contributed by atoms with Crippen LogP contribution in [0.2, 0.25) is 0 Å². The Morgan fingerprint density at radius 2 is 1.62 bits per heavy atom. The van der Waals surface area contributed by atoms with Gasteiger partial charge in [0.25, 0.3) is 11.6 Å². The Balaban J connectivity index is 2.26. The molecule has 0 aliphatic heterocycles. The zero-order valence-electron chi connectivity index (χ0n) is 13.7. The van der Waals surface area contributed by atoms with Crippen LogP contribution in [-0.2, 0) is 0 Å². The van der Waals surface area contributed by atoms with Gasteiger partial charge in [0.2, 0.25) is 0 Å². The van der Waals surface area contributed by atoms with E-state index in [1.165, 1.54) is 12.5 Å². The minimum absolute atomic E-state index is 0.0474. The van der Waals surface area contributed by atoms with Gasteiger partial charge in [-0.1, -0.05) is 32.1 Å². The third-order valence-electron chi connectivity index (χ3n) is 4.57. The number of aromatic carboxylic acids is 1. The summed E-state index contributed by atoms with van der Waals surface area (Å²) < 4.78 is 0. The molecule has 1 aliphatic carbocycles. The summed E-state index contributed by atoms with van der Waals surface area (Å²) in [7, 11) is 1.69. The molecule has 7 heteroatoms. The SMILES string of the molecule is CN(C(=O)c1cc(C(=O)O)cc([N+](=O)[O-])c1)C1CCCCCCC1. The second-order valence-corrected chi connectivity index (χ2v) is 6.25. The largest absolute Gasteiger partial charge is 0.478 e. The average molecular weight is 334 g/mol. The number of non-ortho nitro benzene ring substituents is 1. The first-order valence-corrected chi connectivity index (χ1v) is 8.20. The molecule has 0 bridgehead atoms. The summed E-state index contributed by atoms with van der Waals surface area (Å²) in [4.78, 5) is 35.8. The van der Waals surface area contributed by atoms with Gasteiger partial charge in [0.15, 0.2) is 0 Å². The molecule has 0 atom stereocenters. The van der Waals surface area contributed by atoms with Crippen LogP contribution < -0.4 is 0 Å². The number of carboxylic acids is 1. The van der Waals surface area contributed by atoms with Gasteiger partial charge in [-0.2, -0.15) is 0 Å². The molecule has 0 radical (unpaired) electrons. The summed E-state index contributed by atoms with van der Waals surface area (Å²) in [6.45, 7) is 0. The Kier molecular flexibility index (Phi) is 5.89. The number of benzene rings is 1. The Bertz CT molecular complexity index is 604. The first-order valence-electron chi connectivity index (χ1n) is 8.20. The first-order chi connectivity index (χ1) is 11.4. The van der Waals surface area contributed by atoms with E-state index in [1.807, 2.05) is 0 Å². The molecular weight excluding hydrogens is 312 g/mol. The number of carbonyl (C=O) groups is 2. The van der Waals surface area contributed by atoms with E-state index in [9.17, 15) is 19.7 Å². The highest BCUT2D eigenvalue weighted by Crippen LogP contribution is 2.24. The summed E-state index contributed by atoms with van der Waals surface area (Å²) in [5, 5.41) is 20.1. The highest BCUT2D eigenvalue weighted by molar-refractivity contribution is 5.98. The monoisotopic (exact) mass is 334 g/mol. The molecule has 1 saturated carbocycles. The molecule has 24 heavy (non-hydrogen) atoms. The quantitative estimate of drug-likeness (QED) is 0.671. The topological polar surface area (TPSA) is 101 Å². The smallest absolute Gasteiger partial charge is 0.335 e. The molecular formula is C17H22N2O5. The lowest BCUT2D eigenvalue weighted by atomic mass is 9.95. The number of carbonyl (C=O) groups excluding carboxylic acids is 1. The van der Waals surface area contributed by atoms with E-state index < -0.39 is 10.9 Å². The third-order valence-corrected chi connectivity index (χ3v) is 4.57. The van der Waals surface area contributed by atoms with Gasteiger partial charge in [0.05, 0.1) is 10.5 Å². The molecule has 0 heterocycles. The summed E-state index contributed by atoms with van der Waals surface area (Å²) >= 11 is 0. The molecule has 0 unspecified atom stereocenters. The van der Waals surface area contributed by atoms with Gasteiger partial charge in [-0.25, -0.2) is 4.79 Å². The molecule has 1 N–H and O–H groups in total. The van der Waals surface area contributed by atoms with Gasteiger partial charge in [0, 0.05) is 30.8 Å². The summed E-state index contributed by atoms with van der Waals surface area (Å²) in [5.41, 5.74) is -0.589. The normalized spacial score (nSPS) is 16.0. The lowest BCUT2D eigenvalue weighted by Crippen LogP contribution is -2.37. The second kappa shape index (κ2) is 7.90. The van der Waals surface area contributed by atoms with Crippen LogP contribution in [0.1, 0.15) is 65.7 Å². The van der Waals surface area contributed by atoms with Gasteiger partial charge in [-0.3, -0.25) is 14.9 Å². The maximum absolute atomic E-state index is 12.7. The van der Waals surface area contributed by atoms with Crippen LogP contribution in [0.5, 0.6) is 0 Å². The molecule has 130 valence electrons. The van der Waals surface area contributed by atoms with Gasteiger partial charge >= 0.3 is 5.97 Å². The van der Waals surface area contributed by atoms with Gasteiger partial charge < -0.3 is 10.0 Å². The Labute approximate surface area is 140 Å². The molecule has 1 aromatic carbocycles. The minimum Gasteiger partial charge on any atom is -0.478 e. The van der Waals surface area contributed by atoms with Crippen molar-refractivity contribution < 1.29 is 19.6 Å². The second-order valence-electron chi connectivity index (χ2n) is 6.25. The van der Waals surface area contributed by atoms with Crippen LogP contribution in [0.4, 0.5) is 5.69 Å². The van der Waals surface area contributed by atoms with Gasteiger partial charge in [-0.05, 0) is 18.9 Å². The standard InChI is InChI=1S/C17H22N2O5/c1-18(14-7-5-3-2-4-6-8-14)16(20)12-9-13(17(21)22)11-15(10-12)19(23)24/h9-11,14H,2-8H2,1H3,(H,21,22). The maximum atomic E-state index is 12.7. The van der Waals surface area contributed by atoms with E-state index in [2.05, 4.69) is 0 Å². The Hall–Kier alpha value is -2.44. The van der Waals surface area contributed by atoms with Crippen molar-refractivity contribution in [2.24, 2.45) is 0 Å². The van der Waals surface area contributed by atoms with Crippen LogP contribution in [0.15, 0.2) is 18.2 Å². The zero-order valence-corrected chi connectivity index (χ0v) is 13.7. The number of nitrogens with zero attached hydrogens (tertiary/aromatic N) is 2. The molecule has 1 amide bonds. The fraction of sp³-hybridized carbons (Fsp3) is 0.529. The number of nitro benzene ring substituents is 1. The molecule has 2 rings (SSSR count). The van der Waals surface area contributed by atoms with Crippen molar-refractivity contribution in [3.05, 3.63) is 39.4 Å². The molecule has 0 spiro atoms. The maximum Gasteiger partial charge on any atom is 0.335 e. The lowest BCUT2D eigenvalue weighted by molar-refractivity contribution is -0.384. The molecule has 0 saturated heterocycles. The molecule has 1 aliphatic rings. The lowest BCUT2D eigenvalue weighted by Gasteiger charge is -2.30. The number of rotatable bonds is 4. The van der Waals surface area contributed by atoms with Gasteiger partial charge in [0.1, 0.15) is 0 Å². The van der Waals surface area contributed by atoms with Crippen LogP contribution >= 0.6 is 0 Å². The molecule has 1 aromatic rings. The van der Waals surface area contributed by atoms with E-state index in [4.69, 9.17) is 5.11 Å². The molecule has 0 aromatic heterocycles. The van der Waals surface area contributed by atoms with Crippen LogP contribution in [0.3, 0.4) is 0 Å². The van der Waals surface area contributed by atoms with E-state index in [0.29, 0.717) is 0 Å². The fourth-order valence-corrected chi connectivity index (χ4v) is 3.15. The highest BCUT2D eigenvalue weighted by Gasteiger charge is 2.24. The van der Waals surface area contributed by atoms with Crippen LogP contribution in [-0.4, -0.2) is 39.9 Å². The zero-order chi connectivity index (χ0) is 17.7. The highest BCUT2D eigenvalue weighted by atomic mass is 16.6. The third kappa shape index (κ3) is 4.31. The van der Waals surface area contributed by atoms with Crippen molar-refractivity contribution in [3.63, 3.8) is 0 Å². The fourth-order valence-electron chi connectivity index (χ4n) is 3.15. The molecule has 1 fully saturated rings. The minimum atomic E-state index is -1.29. The van der Waals surface area contributed by atoms with Crippen LogP contribution in [0, 0.1) is 10.1 Å². The van der Waals surface area contributed by atoms with Crippen molar-refractivity contribution in [2.45, 2.75) is 51.0 Å². The van der Waals surface area contributed by atoms with E-state index in [0.717, 1.165) is 50.7 Å². The number of hydrogen-bond donors (Lipinski definition) is 1. The number of nitro groups is 1. The van der Waals surface area contributed by atoms with Crippen molar-refractivity contribution in [2.75, 3.05) is 7.05 Å². The van der Waals surface area contributed by atoms with E-state index in [-0.39, 0.29) is 28.8 Å². The predicted octanol–water partition coefficient (Wildman–Crippen LogP) is 3.48. The van der Waals surface area contributed by atoms with Crippen molar-refractivity contribution in [3.8, 4) is 0 Å². The van der Waals surface area contributed by atoms with E-state index >= 15 is 0 Å². The van der Waals surface area contributed by atoms with Crippen LogP contribution in [0.25, 0.3) is 0 Å². The van der Waals surface area contributed by atoms with Crippen molar-refractivity contribution in [1.82, 2.24) is 4.90 Å². The van der Waals surface area contributed by atoms with Gasteiger partial charge in [-0.15, -0.1) is 0 Å². The first kappa shape index (κ1) is 17.9. The summed E-state index contributed by atoms with van der Waals surface area (Å²) in [6, 6.07) is 3.41. The summed E-state index contributed by atoms with van der Waals surface area (Å²) in [5.74, 6) is -1.66. The van der Waals surface area contributed by atoms with E-state index in [1.54, 1.807) is 11.9 Å². The number of carboxylic acid groups (broad SMARTS) is 1.